The molecule has 3 nitrogen and oxygen atoms in total. The van der Waals surface area contributed by atoms with E-state index in [2.05, 4.69) is 15.9 Å². The van der Waals surface area contributed by atoms with Crippen molar-refractivity contribution in [3.63, 3.8) is 0 Å². The summed E-state index contributed by atoms with van der Waals surface area (Å²) in [6.45, 7) is 0.159. The summed E-state index contributed by atoms with van der Waals surface area (Å²) in [5.74, 6) is 0. The van der Waals surface area contributed by atoms with Crippen LogP contribution in [0.4, 0.5) is 5.69 Å². The minimum absolute atomic E-state index is 0.159. The number of halogens is 2. The van der Waals surface area contributed by atoms with Gasteiger partial charge in [0.25, 0.3) is 0 Å². The molecule has 1 atom stereocenters. The highest BCUT2D eigenvalue weighted by atomic mass is 79.9. The van der Waals surface area contributed by atoms with Gasteiger partial charge in [0, 0.05) is 11.0 Å². The molecule has 0 heterocycles. The van der Waals surface area contributed by atoms with Crippen molar-refractivity contribution < 1.29 is 5.11 Å². The molecule has 1 unspecified atom stereocenters. The summed E-state index contributed by atoms with van der Waals surface area (Å²) in [4.78, 5) is 0. The van der Waals surface area contributed by atoms with E-state index in [4.69, 9.17) is 23.1 Å². The zero-order valence-corrected chi connectivity index (χ0v) is 9.14. The molecule has 1 rings (SSSR count). The first-order valence-corrected chi connectivity index (χ1v) is 4.86. The lowest BCUT2D eigenvalue weighted by atomic mass is 10.1. The fraction of sp³-hybridized carbons (Fsp3) is 0.250. The van der Waals surface area contributed by atoms with Crippen LogP contribution in [0.15, 0.2) is 16.6 Å². The molecule has 0 spiro atoms. The molecule has 5 heteroatoms. The number of nitrogens with two attached hydrogens (primary N) is 2. The van der Waals surface area contributed by atoms with Gasteiger partial charge in [-0.1, -0.05) is 11.6 Å². The fourth-order valence-corrected chi connectivity index (χ4v) is 1.75. The molecule has 13 heavy (non-hydrogen) atoms. The molecule has 0 fully saturated rings. The number of hydrogen-bond acceptors (Lipinski definition) is 3. The molecule has 72 valence electrons. The zero-order valence-electron chi connectivity index (χ0n) is 6.80. The van der Waals surface area contributed by atoms with Gasteiger partial charge < -0.3 is 16.6 Å². The van der Waals surface area contributed by atoms with Gasteiger partial charge in [-0.2, -0.15) is 0 Å². The Labute approximate surface area is 89.8 Å². The fourth-order valence-electron chi connectivity index (χ4n) is 0.932. The van der Waals surface area contributed by atoms with E-state index in [0.717, 1.165) is 0 Å². The smallest absolute Gasteiger partial charge is 0.0913 e. The second-order valence-electron chi connectivity index (χ2n) is 2.65. The van der Waals surface area contributed by atoms with Gasteiger partial charge in [-0.15, -0.1) is 0 Å². The zero-order chi connectivity index (χ0) is 10.0. The summed E-state index contributed by atoms with van der Waals surface area (Å²) in [5, 5.41) is 9.84. The highest BCUT2D eigenvalue weighted by Crippen LogP contribution is 2.31. The normalized spacial score (nSPS) is 12.9. The van der Waals surface area contributed by atoms with Crippen LogP contribution in [0.25, 0.3) is 0 Å². The maximum Gasteiger partial charge on any atom is 0.0913 e. The third kappa shape index (κ3) is 2.34. The lowest BCUT2D eigenvalue weighted by molar-refractivity contribution is 0.186. The molecule has 0 radical (unpaired) electrons. The largest absolute Gasteiger partial charge is 0.397 e. The van der Waals surface area contributed by atoms with E-state index in [1.54, 1.807) is 12.1 Å². The van der Waals surface area contributed by atoms with Crippen molar-refractivity contribution in [1.29, 1.82) is 0 Å². The first-order chi connectivity index (χ1) is 6.06. The summed E-state index contributed by atoms with van der Waals surface area (Å²) in [7, 11) is 0. The van der Waals surface area contributed by atoms with Crippen LogP contribution in [0.2, 0.25) is 5.02 Å². The summed E-state index contributed by atoms with van der Waals surface area (Å²) < 4.78 is 0.669. The van der Waals surface area contributed by atoms with E-state index >= 15 is 0 Å². The van der Waals surface area contributed by atoms with E-state index in [9.17, 15) is 5.11 Å². The predicted molar refractivity (Wildman–Crippen MR) is 57.6 cm³/mol. The minimum Gasteiger partial charge on any atom is -0.397 e. The Hall–Kier alpha value is -0.290. The third-order valence-electron chi connectivity index (χ3n) is 1.71. The highest BCUT2D eigenvalue weighted by molar-refractivity contribution is 9.10. The molecular formula is C8H10BrClN2O. The predicted octanol–water partition coefficient (Wildman–Crippen LogP) is 1.68. The molecule has 0 aromatic heterocycles. The number of hydrogen-bond donors (Lipinski definition) is 3. The van der Waals surface area contributed by atoms with Crippen molar-refractivity contribution in [3.05, 3.63) is 27.2 Å². The lowest BCUT2D eigenvalue weighted by Gasteiger charge is -2.10. The topological polar surface area (TPSA) is 72.3 Å². The van der Waals surface area contributed by atoms with Crippen molar-refractivity contribution in [3.8, 4) is 0 Å². The first-order valence-electron chi connectivity index (χ1n) is 3.68. The van der Waals surface area contributed by atoms with Gasteiger partial charge in [-0.3, -0.25) is 0 Å². The molecule has 0 bridgehead atoms. The number of nitrogen functional groups attached to an aromatic ring is 1. The Morgan fingerprint density at radius 1 is 1.54 bits per heavy atom. The van der Waals surface area contributed by atoms with Gasteiger partial charge >= 0.3 is 0 Å². The van der Waals surface area contributed by atoms with Gasteiger partial charge in [0.1, 0.15) is 0 Å². The van der Waals surface area contributed by atoms with Crippen LogP contribution in [0.1, 0.15) is 11.7 Å². The molecule has 0 aliphatic heterocycles. The van der Waals surface area contributed by atoms with E-state index in [1.807, 2.05) is 0 Å². The molecule has 1 aromatic carbocycles. The van der Waals surface area contributed by atoms with E-state index in [-0.39, 0.29) is 6.54 Å². The maximum absolute atomic E-state index is 9.42. The Morgan fingerprint density at radius 2 is 2.15 bits per heavy atom. The number of anilines is 1. The van der Waals surface area contributed by atoms with Crippen LogP contribution in [0.3, 0.4) is 0 Å². The van der Waals surface area contributed by atoms with Crippen molar-refractivity contribution in [2.75, 3.05) is 12.3 Å². The van der Waals surface area contributed by atoms with Crippen molar-refractivity contribution in [1.82, 2.24) is 0 Å². The average Bonchev–Trinajstić information content (AvgIpc) is 2.12. The quantitative estimate of drug-likeness (QED) is 0.712. The number of aliphatic hydroxyl groups excluding tert-OH is 1. The maximum atomic E-state index is 9.42. The SMILES string of the molecule is NCC(O)c1cc(Cl)c(N)c(Br)c1. The number of benzene rings is 1. The molecule has 0 aliphatic carbocycles. The molecule has 0 aliphatic rings. The van der Waals surface area contributed by atoms with Gasteiger partial charge in [0.2, 0.25) is 0 Å². The van der Waals surface area contributed by atoms with Crippen LogP contribution in [0.5, 0.6) is 0 Å². The van der Waals surface area contributed by atoms with Crippen molar-refractivity contribution >= 4 is 33.2 Å². The number of aliphatic hydroxyl groups is 1. The summed E-state index contributed by atoms with van der Waals surface area (Å²) >= 11 is 9.05. The Kier molecular flexibility index (Phi) is 3.55. The minimum atomic E-state index is -0.700. The van der Waals surface area contributed by atoms with Crippen molar-refractivity contribution in [2.45, 2.75) is 6.10 Å². The third-order valence-corrected chi connectivity index (χ3v) is 2.68. The van der Waals surface area contributed by atoms with Gasteiger partial charge in [0.15, 0.2) is 0 Å². The molecule has 0 saturated heterocycles. The van der Waals surface area contributed by atoms with E-state index < -0.39 is 6.10 Å². The molecule has 0 amide bonds. The monoisotopic (exact) mass is 264 g/mol. The van der Waals surface area contributed by atoms with Crippen molar-refractivity contribution in [2.24, 2.45) is 5.73 Å². The molecular weight excluding hydrogens is 255 g/mol. The molecule has 5 N–H and O–H groups in total. The lowest BCUT2D eigenvalue weighted by Crippen LogP contribution is -2.11. The second-order valence-corrected chi connectivity index (χ2v) is 3.91. The highest BCUT2D eigenvalue weighted by Gasteiger charge is 2.09. The van der Waals surface area contributed by atoms with Crippen LogP contribution in [-0.4, -0.2) is 11.7 Å². The summed E-state index contributed by atoms with van der Waals surface area (Å²) in [6.07, 6.45) is -0.700. The summed E-state index contributed by atoms with van der Waals surface area (Å²) in [5.41, 5.74) is 12.0. The Morgan fingerprint density at radius 3 is 2.62 bits per heavy atom. The van der Waals surface area contributed by atoms with Gasteiger partial charge in [-0.05, 0) is 33.6 Å². The van der Waals surface area contributed by atoms with Crippen LogP contribution < -0.4 is 11.5 Å². The van der Waals surface area contributed by atoms with Crippen LogP contribution >= 0.6 is 27.5 Å². The van der Waals surface area contributed by atoms with E-state index in [0.29, 0.717) is 20.7 Å². The second kappa shape index (κ2) is 4.28. The Bertz CT molecular complexity index is 296. The Balaban J connectivity index is 3.13. The van der Waals surface area contributed by atoms with Gasteiger partial charge in [0.05, 0.1) is 16.8 Å². The number of rotatable bonds is 2. The van der Waals surface area contributed by atoms with Gasteiger partial charge in [-0.25, -0.2) is 0 Å². The van der Waals surface area contributed by atoms with E-state index in [1.165, 1.54) is 0 Å². The molecule has 0 saturated carbocycles. The average molecular weight is 266 g/mol. The van der Waals surface area contributed by atoms with Crippen LogP contribution in [0, 0.1) is 0 Å². The first kappa shape index (κ1) is 10.8. The van der Waals surface area contributed by atoms with Crippen LogP contribution in [-0.2, 0) is 0 Å². The standard InChI is InChI=1S/C8H10BrClN2O/c9-5-1-4(7(13)3-11)2-6(10)8(5)12/h1-2,7,13H,3,11-12H2. The summed E-state index contributed by atoms with van der Waals surface area (Å²) in [6, 6.07) is 3.32. The molecule has 1 aromatic rings.